The summed E-state index contributed by atoms with van der Waals surface area (Å²) in [7, 11) is -3.71. The first-order chi connectivity index (χ1) is 18.3. The molecule has 0 spiro atoms. The first-order valence-electron chi connectivity index (χ1n) is 12.2. The second-order valence-electron chi connectivity index (χ2n) is 8.76. The number of nitrogens with zero attached hydrogens (tertiary/aromatic N) is 1. The van der Waals surface area contributed by atoms with Crippen molar-refractivity contribution in [2.75, 3.05) is 22.4 Å². The van der Waals surface area contributed by atoms with Crippen LogP contribution in [-0.4, -0.2) is 33.0 Å². The molecule has 0 fully saturated rings. The van der Waals surface area contributed by atoms with E-state index in [1.807, 2.05) is 60.7 Å². The molecule has 0 atom stereocenters. The third kappa shape index (κ3) is 6.86. The van der Waals surface area contributed by atoms with Crippen LogP contribution in [0.1, 0.15) is 31.8 Å². The summed E-state index contributed by atoms with van der Waals surface area (Å²) >= 11 is 0. The minimum Gasteiger partial charge on any atom is -0.352 e. The summed E-state index contributed by atoms with van der Waals surface area (Å²) in [4.78, 5) is 26.4. The van der Waals surface area contributed by atoms with Gasteiger partial charge in [-0.05, 0) is 41.8 Å². The molecule has 0 saturated carbocycles. The molecule has 0 aliphatic heterocycles. The SMILES string of the molecule is CS(=O)(=O)N(Cc1ccccc1)c1ccccc1C(=O)Nc1ccccc1C(=O)NCCc1ccccc1. The van der Waals surface area contributed by atoms with Crippen molar-refractivity contribution in [3.8, 4) is 0 Å². The van der Waals surface area contributed by atoms with Gasteiger partial charge in [0.1, 0.15) is 0 Å². The molecule has 0 saturated heterocycles. The van der Waals surface area contributed by atoms with Crippen LogP contribution < -0.4 is 14.9 Å². The number of carbonyl (C=O) groups is 2. The summed E-state index contributed by atoms with van der Waals surface area (Å²) in [5, 5.41) is 5.71. The molecule has 2 amide bonds. The molecule has 38 heavy (non-hydrogen) atoms. The lowest BCUT2D eigenvalue weighted by atomic mass is 10.1. The molecule has 194 valence electrons. The third-order valence-corrected chi connectivity index (χ3v) is 7.08. The fourth-order valence-corrected chi connectivity index (χ4v) is 4.95. The Bertz CT molecular complexity index is 1510. The number of hydrogen-bond acceptors (Lipinski definition) is 4. The Labute approximate surface area is 223 Å². The Kier molecular flexibility index (Phi) is 8.55. The molecule has 7 nitrogen and oxygen atoms in total. The monoisotopic (exact) mass is 527 g/mol. The van der Waals surface area contributed by atoms with Crippen LogP contribution in [0, 0.1) is 0 Å². The Morgan fingerprint density at radius 2 is 1.24 bits per heavy atom. The third-order valence-electron chi connectivity index (χ3n) is 5.95. The standard InChI is InChI=1S/C30H29N3O4S/c1-38(36,37)33(22-24-14-6-3-7-15-24)28-19-11-9-17-26(28)30(35)32-27-18-10-8-16-25(27)29(34)31-21-20-23-12-4-2-5-13-23/h2-19H,20-22H2,1H3,(H,31,34)(H,32,35). The van der Waals surface area contributed by atoms with E-state index in [9.17, 15) is 18.0 Å². The van der Waals surface area contributed by atoms with Crippen LogP contribution in [0.25, 0.3) is 0 Å². The van der Waals surface area contributed by atoms with Crippen LogP contribution in [0.5, 0.6) is 0 Å². The van der Waals surface area contributed by atoms with Crippen LogP contribution in [0.15, 0.2) is 109 Å². The first kappa shape index (κ1) is 26.6. The van der Waals surface area contributed by atoms with Gasteiger partial charge in [0.2, 0.25) is 10.0 Å². The Hall–Kier alpha value is -4.43. The molecule has 4 rings (SSSR count). The molecule has 8 heteroatoms. The maximum Gasteiger partial charge on any atom is 0.257 e. The van der Waals surface area contributed by atoms with Crippen molar-refractivity contribution in [2.24, 2.45) is 0 Å². The smallest absolute Gasteiger partial charge is 0.257 e. The lowest BCUT2D eigenvalue weighted by Crippen LogP contribution is -2.31. The highest BCUT2D eigenvalue weighted by atomic mass is 32.2. The molecule has 0 aromatic heterocycles. The van der Waals surface area contributed by atoms with Gasteiger partial charge < -0.3 is 10.6 Å². The van der Waals surface area contributed by atoms with Crippen LogP contribution >= 0.6 is 0 Å². The molecule has 4 aromatic carbocycles. The average Bonchev–Trinajstić information content (AvgIpc) is 2.92. The van der Waals surface area contributed by atoms with Gasteiger partial charge in [-0.15, -0.1) is 0 Å². The minimum atomic E-state index is -3.71. The van der Waals surface area contributed by atoms with Gasteiger partial charge in [-0.3, -0.25) is 13.9 Å². The van der Waals surface area contributed by atoms with E-state index in [0.717, 1.165) is 17.4 Å². The molecule has 0 aliphatic rings. The fraction of sp³-hybridized carbons (Fsp3) is 0.133. The zero-order chi connectivity index (χ0) is 27.0. The van der Waals surface area contributed by atoms with E-state index in [0.29, 0.717) is 24.2 Å². The quantitative estimate of drug-likeness (QED) is 0.307. The molecule has 0 radical (unpaired) electrons. The van der Waals surface area contributed by atoms with Crippen LogP contribution in [0.2, 0.25) is 0 Å². The Balaban J connectivity index is 1.54. The summed E-state index contributed by atoms with van der Waals surface area (Å²) in [6.45, 7) is 0.515. The summed E-state index contributed by atoms with van der Waals surface area (Å²) in [5.41, 5.74) is 2.96. The highest BCUT2D eigenvalue weighted by Gasteiger charge is 2.24. The van der Waals surface area contributed by atoms with Gasteiger partial charge in [0, 0.05) is 6.54 Å². The molecule has 0 aliphatic carbocycles. The normalized spacial score (nSPS) is 11.0. The van der Waals surface area contributed by atoms with E-state index in [2.05, 4.69) is 10.6 Å². The second kappa shape index (κ2) is 12.2. The van der Waals surface area contributed by atoms with Gasteiger partial charge in [0.15, 0.2) is 0 Å². The highest BCUT2D eigenvalue weighted by molar-refractivity contribution is 7.92. The zero-order valence-corrected chi connectivity index (χ0v) is 21.8. The van der Waals surface area contributed by atoms with Crippen molar-refractivity contribution in [3.05, 3.63) is 131 Å². The lowest BCUT2D eigenvalue weighted by Gasteiger charge is -2.25. The van der Waals surface area contributed by atoms with E-state index in [4.69, 9.17) is 0 Å². The maximum atomic E-state index is 13.4. The van der Waals surface area contributed by atoms with Gasteiger partial charge >= 0.3 is 0 Å². The molecular formula is C30H29N3O4S. The number of sulfonamides is 1. The number of nitrogens with one attached hydrogen (secondary N) is 2. The van der Waals surface area contributed by atoms with Crippen molar-refractivity contribution in [3.63, 3.8) is 0 Å². The summed E-state index contributed by atoms with van der Waals surface area (Å²) in [6, 6.07) is 32.2. The number of para-hydroxylation sites is 2. The zero-order valence-electron chi connectivity index (χ0n) is 21.0. The minimum absolute atomic E-state index is 0.0738. The number of hydrogen-bond donors (Lipinski definition) is 2. The molecule has 2 N–H and O–H groups in total. The second-order valence-corrected chi connectivity index (χ2v) is 10.7. The van der Waals surface area contributed by atoms with Gasteiger partial charge in [0.25, 0.3) is 11.8 Å². The number of carbonyl (C=O) groups excluding carboxylic acids is 2. The van der Waals surface area contributed by atoms with Crippen molar-refractivity contribution in [1.82, 2.24) is 5.32 Å². The topological polar surface area (TPSA) is 95.6 Å². The van der Waals surface area contributed by atoms with E-state index < -0.39 is 15.9 Å². The average molecular weight is 528 g/mol. The predicted molar refractivity (Wildman–Crippen MR) is 151 cm³/mol. The Morgan fingerprint density at radius 3 is 1.89 bits per heavy atom. The van der Waals surface area contributed by atoms with E-state index in [-0.39, 0.29) is 23.7 Å². The van der Waals surface area contributed by atoms with Crippen LogP contribution in [0.3, 0.4) is 0 Å². The van der Waals surface area contributed by atoms with Crippen molar-refractivity contribution >= 4 is 33.2 Å². The number of benzene rings is 4. The Morgan fingerprint density at radius 1 is 0.684 bits per heavy atom. The van der Waals surface area contributed by atoms with Crippen molar-refractivity contribution in [1.29, 1.82) is 0 Å². The lowest BCUT2D eigenvalue weighted by molar-refractivity contribution is 0.0955. The molecule has 4 aromatic rings. The van der Waals surface area contributed by atoms with Gasteiger partial charge in [-0.1, -0.05) is 84.9 Å². The fourth-order valence-electron chi connectivity index (χ4n) is 4.05. The van der Waals surface area contributed by atoms with Crippen molar-refractivity contribution < 1.29 is 18.0 Å². The van der Waals surface area contributed by atoms with E-state index in [1.165, 1.54) is 4.31 Å². The molecular weight excluding hydrogens is 498 g/mol. The highest BCUT2D eigenvalue weighted by Crippen LogP contribution is 2.27. The van der Waals surface area contributed by atoms with E-state index >= 15 is 0 Å². The summed E-state index contributed by atoms with van der Waals surface area (Å²) in [6.07, 6.45) is 1.79. The largest absolute Gasteiger partial charge is 0.352 e. The molecule has 0 unspecified atom stereocenters. The van der Waals surface area contributed by atoms with Gasteiger partial charge in [0.05, 0.1) is 35.3 Å². The van der Waals surface area contributed by atoms with Gasteiger partial charge in [-0.2, -0.15) is 0 Å². The molecule has 0 heterocycles. The van der Waals surface area contributed by atoms with Gasteiger partial charge in [-0.25, -0.2) is 8.42 Å². The summed E-state index contributed by atoms with van der Waals surface area (Å²) in [5.74, 6) is -0.834. The molecule has 0 bridgehead atoms. The van der Waals surface area contributed by atoms with Crippen molar-refractivity contribution in [2.45, 2.75) is 13.0 Å². The number of anilines is 2. The predicted octanol–water partition coefficient (Wildman–Crippen LogP) is 4.88. The number of rotatable bonds is 10. The first-order valence-corrected chi connectivity index (χ1v) is 14.0. The summed E-state index contributed by atoms with van der Waals surface area (Å²) < 4.78 is 26.7. The van der Waals surface area contributed by atoms with E-state index in [1.54, 1.807) is 48.5 Å². The van der Waals surface area contributed by atoms with Crippen LogP contribution in [-0.2, 0) is 23.0 Å². The maximum absolute atomic E-state index is 13.4. The number of amides is 2. The van der Waals surface area contributed by atoms with Crippen LogP contribution in [0.4, 0.5) is 11.4 Å².